The van der Waals surface area contributed by atoms with E-state index >= 15 is 0 Å². The maximum Gasteiger partial charge on any atom is 0.248 e. The molecule has 0 heterocycles. The smallest absolute Gasteiger partial charge is 0.248 e. The molecular formula is C17H24N2O. The van der Waals surface area contributed by atoms with E-state index < -0.39 is 0 Å². The summed E-state index contributed by atoms with van der Waals surface area (Å²) in [6.07, 6.45) is 3.96. The first-order chi connectivity index (χ1) is 9.33. The van der Waals surface area contributed by atoms with Gasteiger partial charge in [-0.2, -0.15) is 0 Å². The molecule has 3 atom stereocenters. The standard InChI is InChI=1S/C17H24N2O/c1-16(2)12-7-8-17(3,10-12)15(16)19-13-6-4-5-11(9-13)14(18)20/h4-6,9,12,15,19H,7-8,10H2,1-3H3,(H2,18,20). The molecule has 0 saturated heterocycles. The van der Waals surface area contributed by atoms with Gasteiger partial charge in [-0.25, -0.2) is 0 Å². The summed E-state index contributed by atoms with van der Waals surface area (Å²) in [5, 5.41) is 3.69. The fourth-order valence-corrected chi connectivity index (χ4v) is 4.59. The van der Waals surface area contributed by atoms with Crippen LogP contribution in [0.3, 0.4) is 0 Å². The molecule has 3 rings (SSSR count). The largest absolute Gasteiger partial charge is 0.381 e. The summed E-state index contributed by atoms with van der Waals surface area (Å²) in [4.78, 5) is 11.3. The molecule has 1 aromatic carbocycles. The van der Waals surface area contributed by atoms with Gasteiger partial charge in [0.15, 0.2) is 0 Å². The Morgan fingerprint density at radius 3 is 2.70 bits per heavy atom. The van der Waals surface area contributed by atoms with E-state index in [4.69, 9.17) is 5.73 Å². The molecule has 3 N–H and O–H groups in total. The highest BCUT2D eigenvalue weighted by atomic mass is 16.1. The SMILES string of the molecule is CC12CCC(C1)C(C)(C)C2Nc1cccc(C(N)=O)c1. The number of hydrogen-bond acceptors (Lipinski definition) is 2. The minimum Gasteiger partial charge on any atom is -0.381 e. The summed E-state index contributed by atoms with van der Waals surface area (Å²) in [6.45, 7) is 7.15. The second kappa shape index (κ2) is 4.24. The zero-order valence-electron chi connectivity index (χ0n) is 12.6. The predicted octanol–water partition coefficient (Wildman–Crippen LogP) is 3.41. The second-order valence-electron chi connectivity index (χ2n) is 7.44. The quantitative estimate of drug-likeness (QED) is 0.886. The third kappa shape index (κ3) is 1.91. The van der Waals surface area contributed by atoms with Gasteiger partial charge in [-0.1, -0.05) is 26.8 Å². The first-order valence-electron chi connectivity index (χ1n) is 7.49. The van der Waals surface area contributed by atoms with Crippen LogP contribution in [0.1, 0.15) is 50.4 Å². The average Bonchev–Trinajstić information content (AvgIpc) is 2.86. The van der Waals surface area contributed by atoms with Crippen molar-refractivity contribution < 1.29 is 4.79 Å². The Kier molecular flexibility index (Phi) is 2.86. The Bertz CT molecular complexity index is 547. The van der Waals surface area contributed by atoms with Gasteiger partial charge in [0.2, 0.25) is 5.91 Å². The van der Waals surface area contributed by atoms with E-state index in [1.807, 2.05) is 18.2 Å². The number of amides is 1. The molecule has 2 aliphatic rings. The fraction of sp³-hybridized carbons (Fsp3) is 0.588. The number of primary amides is 1. The summed E-state index contributed by atoms with van der Waals surface area (Å²) < 4.78 is 0. The zero-order chi connectivity index (χ0) is 14.5. The Labute approximate surface area is 120 Å². The zero-order valence-corrected chi connectivity index (χ0v) is 12.6. The number of carbonyl (C=O) groups excluding carboxylic acids is 1. The molecule has 0 aromatic heterocycles. The molecule has 108 valence electrons. The van der Waals surface area contributed by atoms with Crippen LogP contribution in [0, 0.1) is 16.7 Å². The van der Waals surface area contributed by atoms with Crippen molar-refractivity contribution in [2.75, 3.05) is 5.32 Å². The summed E-state index contributed by atoms with van der Waals surface area (Å²) in [6, 6.07) is 8.01. The Balaban J connectivity index is 1.87. The third-order valence-corrected chi connectivity index (χ3v) is 5.73. The van der Waals surface area contributed by atoms with Crippen LogP contribution in [0.15, 0.2) is 24.3 Å². The molecule has 20 heavy (non-hydrogen) atoms. The molecule has 3 heteroatoms. The highest BCUT2D eigenvalue weighted by Gasteiger charge is 2.59. The van der Waals surface area contributed by atoms with E-state index in [1.54, 1.807) is 6.07 Å². The molecule has 0 spiro atoms. The van der Waals surface area contributed by atoms with E-state index in [-0.39, 0.29) is 5.91 Å². The van der Waals surface area contributed by atoms with Crippen molar-refractivity contribution in [1.29, 1.82) is 0 Å². The second-order valence-corrected chi connectivity index (χ2v) is 7.44. The highest BCUT2D eigenvalue weighted by molar-refractivity contribution is 5.93. The number of benzene rings is 1. The molecule has 3 nitrogen and oxygen atoms in total. The van der Waals surface area contributed by atoms with E-state index in [0.29, 0.717) is 22.4 Å². The molecule has 2 aliphatic carbocycles. The summed E-state index contributed by atoms with van der Waals surface area (Å²) >= 11 is 0. The van der Waals surface area contributed by atoms with E-state index in [2.05, 4.69) is 26.1 Å². The number of nitrogens with two attached hydrogens (primary N) is 1. The Morgan fingerprint density at radius 1 is 1.35 bits per heavy atom. The van der Waals surface area contributed by atoms with Crippen LogP contribution < -0.4 is 11.1 Å². The average molecular weight is 272 g/mol. The van der Waals surface area contributed by atoms with Gasteiger partial charge in [0.25, 0.3) is 0 Å². The molecule has 0 radical (unpaired) electrons. The maximum absolute atomic E-state index is 11.3. The number of hydrogen-bond donors (Lipinski definition) is 2. The van der Waals surface area contributed by atoms with Crippen LogP contribution in [0.5, 0.6) is 0 Å². The van der Waals surface area contributed by atoms with Crippen molar-refractivity contribution in [1.82, 2.24) is 0 Å². The Hall–Kier alpha value is -1.51. The van der Waals surface area contributed by atoms with E-state index in [1.165, 1.54) is 19.3 Å². The van der Waals surface area contributed by atoms with Gasteiger partial charge in [-0.15, -0.1) is 0 Å². The van der Waals surface area contributed by atoms with Gasteiger partial charge in [-0.3, -0.25) is 4.79 Å². The van der Waals surface area contributed by atoms with Crippen LogP contribution in [0.4, 0.5) is 5.69 Å². The minimum absolute atomic E-state index is 0.301. The molecule has 1 amide bonds. The summed E-state index contributed by atoms with van der Waals surface area (Å²) in [5.41, 5.74) is 7.62. The van der Waals surface area contributed by atoms with Gasteiger partial charge in [0.1, 0.15) is 0 Å². The van der Waals surface area contributed by atoms with Gasteiger partial charge in [0, 0.05) is 17.3 Å². The van der Waals surface area contributed by atoms with Gasteiger partial charge in [0.05, 0.1) is 0 Å². The normalized spacial score (nSPS) is 34.1. The molecule has 1 aromatic rings. The fourth-order valence-electron chi connectivity index (χ4n) is 4.59. The van der Waals surface area contributed by atoms with Crippen LogP contribution in [0.2, 0.25) is 0 Å². The molecule has 2 saturated carbocycles. The first-order valence-corrected chi connectivity index (χ1v) is 7.49. The van der Waals surface area contributed by atoms with Crippen LogP contribution in [-0.4, -0.2) is 11.9 Å². The lowest BCUT2D eigenvalue weighted by Gasteiger charge is -2.43. The molecule has 2 fully saturated rings. The van der Waals surface area contributed by atoms with E-state index in [0.717, 1.165) is 11.6 Å². The van der Waals surface area contributed by atoms with Crippen molar-refractivity contribution in [2.24, 2.45) is 22.5 Å². The number of rotatable bonds is 3. The minimum atomic E-state index is -0.368. The number of anilines is 1. The van der Waals surface area contributed by atoms with Crippen LogP contribution in [-0.2, 0) is 0 Å². The lowest BCUT2D eigenvalue weighted by molar-refractivity contribution is 0.100. The summed E-state index contributed by atoms with van der Waals surface area (Å²) in [5.74, 6) is 0.441. The monoisotopic (exact) mass is 272 g/mol. The van der Waals surface area contributed by atoms with E-state index in [9.17, 15) is 4.79 Å². The lowest BCUT2D eigenvalue weighted by atomic mass is 9.68. The molecule has 2 bridgehead atoms. The Morgan fingerprint density at radius 2 is 2.10 bits per heavy atom. The number of carbonyl (C=O) groups is 1. The van der Waals surface area contributed by atoms with Gasteiger partial charge >= 0.3 is 0 Å². The topological polar surface area (TPSA) is 55.1 Å². The molecule has 3 unspecified atom stereocenters. The number of nitrogens with one attached hydrogen (secondary N) is 1. The van der Waals surface area contributed by atoms with Crippen molar-refractivity contribution in [3.05, 3.63) is 29.8 Å². The number of fused-ring (bicyclic) bond motifs is 2. The third-order valence-electron chi connectivity index (χ3n) is 5.73. The van der Waals surface area contributed by atoms with Crippen molar-refractivity contribution >= 4 is 11.6 Å². The van der Waals surface area contributed by atoms with Gasteiger partial charge in [-0.05, 0) is 54.2 Å². The summed E-state index contributed by atoms with van der Waals surface area (Å²) in [7, 11) is 0. The lowest BCUT2D eigenvalue weighted by Crippen LogP contribution is -2.45. The van der Waals surface area contributed by atoms with Crippen LogP contribution in [0.25, 0.3) is 0 Å². The highest BCUT2D eigenvalue weighted by Crippen LogP contribution is 2.63. The van der Waals surface area contributed by atoms with Crippen molar-refractivity contribution in [3.8, 4) is 0 Å². The van der Waals surface area contributed by atoms with Crippen molar-refractivity contribution in [2.45, 2.75) is 46.1 Å². The molecular weight excluding hydrogens is 248 g/mol. The maximum atomic E-state index is 11.3. The van der Waals surface area contributed by atoms with Gasteiger partial charge < -0.3 is 11.1 Å². The van der Waals surface area contributed by atoms with Crippen molar-refractivity contribution in [3.63, 3.8) is 0 Å². The van der Waals surface area contributed by atoms with Crippen LogP contribution >= 0.6 is 0 Å². The molecule has 0 aliphatic heterocycles. The first kappa shape index (κ1) is 13.5. The predicted molar refractivity (Wildman–Crippen MR) is 81.6 cm³/mol.